The lowest BCUT2D eigenvalue weighted by atomic mass is 9.98. The summed E-state index contributed by atoms with van der Waals surface area (Å²) in [5.41, 5.74) is 0.881. The number of nitrogens with one attached hydrogen (secondary N) is 2. The molecule has 2 aliphatic rings. The number of hydrogen-bond acceptors (Lipinski definition) is 3. The van der Waals surface area contributed by atoms with E-state index < -0.39 is 0 Å². The van der Waals surface area contributed by atoms with Gasteiger partial charge in [-0.05, 0) is 51.6 Å². The van der Waals surface area contributed by atoms with E-state index in [1.807, 2.05) is 11.8 Å². The predicted molar refractivity (Wildman–Crippen MR) is 81.5 cm³/mol. The normalized spacial score (nSPS) is 22.0. The summed E-state index contributed by atoms with van der Waals surface area (Å²) in [5.74, 6) is 0.400. The average molecular weight is 289 g/mol. The number of carbonyl (C=O) groups is 1. The molecule has 1 saturated heterocycles. The first kappa shape index (κ1) is 14.3. The van der Waals surface area contributed by atoms with E-state index in [2.05, 4.69) is 10.3 Å². The number of carbonyl (C=O) groups excluding carboxylic acids is 1. The summed E-state index contributed by atoms with van der Waals surface area (Å²) in [5, 5.41) is 3.39. The second kappa shape index (κ2) is 6.02. The number of piperidine rings is 1. The van der Waals surface area contributed by atoms with E-state index in [1.165, 1.54) is 12.5 Å². The first-order valence-corrected chi connectivity index (χ1v) is 7.86. The first-order chi connectivity index (χ1) is 10.1. The van der Waals surface area contributed by atoms with Crippen LogP contribution in [0.15, 0.2) is 17.1 Å². The zero-order valence-electron chi connectivity index (χ0n) is 12.5. The van der Waals surface area contributed by atoms with E-state index >= 15 is 0 Å². The lowest BCUT2D eigenvalue weighted by molar-refractivity contribution is 0.0702. The summed E-state index contributed by atoms with van der Waals surface area (Å²) in [7, 11) is 0. The molecule has 0 radical (unpaired) electrons. The lowest BCUT2D eigenvalue weighted by Gasteiger charge is -2.30. The lowest BCUT2D eigenvalue weighted by Crippen LogP contribution is -2.43. The minimum absolute atomic E-state index is 0.107. The number of amides is 1. The topological polar surface area (TPSA) is 65.2 Å². The molecule has 0 bridgehead atoms. The van der Waals surface area contributed by atoms with Crippen molar-refractivity contribution >= 4 is 5.91 Å². The fraction of sp³-hybridized carbons (Fsp3) is 0.625. The van der Waals surface area contributed by atoms with Gasteiger partial charge in [-0.1, -0.05) is 0 Å². The molecule has 2 N–H and O–H groups in total. The predicted octanol–water partition coefficient (Wildman–Crippen LogP) is 1.29. The second-order valence-electron chi connectivity index (χ2n) is 6.30. The maximum absolute atomic E-state index is 12.7. The van der Waals surface area contributed by atoms with E-state index in [1.54, 1.807) is 6.20 Å². The van der Waals surface area contributed by atoms with Gasteiger partial charge >= 0.3 is 0 Å². The number of aromatic nitrogens is 1. The molecule has 21 heavy (non-hydrogen) atoms. The number of hydrogen-bond donors (Lipinski definition) is 2. The molecule has 1 atom stereocenters. The molecule has 1 saturated carbocycles. The van der Waals surface area contributed by atoms with Crippen molar-refractivity contribution in [3.05, 3.63) is 33.7 Å². The first-order valence-electron chi connectivity index (χ1n) is 7.86. The Morgan fingerprint density at radius 1 is 1.38 bits per heavy atom. The van der Waals surface area contributed by atoms with Crippen LogP contribution in [0, 0.1) is 12.8 Å². The highest BCUT2D eigenvalue weighted by Gasteiger charge is 2.35. The highest BCUT2D eigenvalue weighted by Crippen LogP contribution is 2.29. The zero-order valence-corrected chi connectivity index (χ0v) is 12.5. The SMILES string of the molecule is Cc1cc(=O)c(C(=O)N(CC2CCCNC2)C2CC2)c[nH]1. The van der Waals surface area contributed by atoms with Crippen LogP contribution in [0.4, 0.5) is 0 Å². The molecule has 1 aromatic heterocycles. The molecule has 0 aromatic carbocycles. The third kappa shape index (κ3) is 3.35. The molecule has 1 aliphatic heterocycles. The van der Waals surface area contributed by atoms with Gasteiger partial charge in [-0.3, -0.25) is 9.59 Å². The largest absolute Gasteiger partial charge is 0.364 e. The maximum Gasteiger partial charge on any atom is 0.259 e. The zero-order chi connectivity index (χ0) is 14.8. The van der Waals surface area contributed by atoms with Crippen molar-refractivity contribution < 1.29 is 4.79 Å². The quantitative estimate of drug-likeness (QED) is 0.878. The van der Waals surface area contributed by atoms with Gasteiger partial charge < -0.3 is 15.2 Å². The van der Waals surface area contributed by atoms with Gasteiger partial charge in [0.15, 0.2) is 5.43 Å². The standard InChI is InChI=1S/C16H23N3O2/c1-11-7-15(20)14(9-18-11)16(21)19(13-4-5-13)10-12-3-2-6-17-8-12/h7,9,12-13,17H,2-6,8,10H2,1H3,(H,18,20). The molecule has 1 aliphatic carbocycles. The van der Waals surface area contributed by atoms with Crippen LogP contribution >= 0.6 is 0 Å². The van der Waals surface area contributed by atoms with Crippen LogP contribution in [-0.2, 0) is 0 Å². The minimum atomic E-state index is -0.177. The van der Waals surface area contributed by atoms with E-state index in [9.17, 15) is 9.59 Å². The maximum atomic E-state index is 12.7. The van der Waals surface area contributed by atoms with Gasteiger partial charge in [0.2, 0.25) is 0 Å². The number of rotatable bonds is 4. The van der Waals surface area contributed by atoms with Gasteiger partial charge in [-0.2, -0.15) is 0 Å². The Morgan fingerprint density at radius 2 is 2.19 bits per heavy atom. The Labute approximate surface area is 124 Å². The molecule has 114 valence electrons. The van der Waals surface area contributed by atoms with Crippen LogP contribution in [0.5, 0.6) is 0 Å². The highest BCUT2D eigenvalue weighted by molar-refractivity contribution is 5.94. The smallest absolute Gasteiger partial charge is 0.259 e. The Balaban J connectivity index is 1.76. The van der Waals surface area contributed by atoms with Crippen LogP contribution in [0.25, 0.3) is 0 Å². The molecular formula is C16H23N3O2. The van der Waals surface area contributed by atoms with Gasteiger partial charge in [-0.25, -0.2) is 0 Å². The molecule has 5 heteroatoms. The van der Waals surface area contributed by atoms with Crippen molar-refractivity contribution in [3.63, 3.8) is 0 Å². The van der Waals surface area contributed by atoms with E-state index in [0.717, 1.165) is 44.6 Å². The molecule has 3 rings (SSSR count). The second-order valence-corrected chi connectivity index (χ2v) is 6.30. The monoisotopic (exact) mass is 289 g/mol. The van der Waals surface area contributed by atoms with Crippen molar-refractivity contribution in [1.82, 2.24) is 15.2 Å². The molecule has 0 spiro atoms. The highest BCUT2D eigenvalue weighted by atomic mass is 16.2. The summed E-state index contributed by atoms with van der Waals surface area (Å²) in [6.45, 7) is 4.64. The summed E-state index contributed by atoms with van der Waals surface area (Å²) in [6, 6.07) is 1.83. The van der Waals surface area contributed by atoms with Crippen LogP contribution in [0.1, 0.15) is 41.7 Å². The van der Waals surface area contributed by atoms with Crippen LogP contribution in [0.3, 0.4) is 0 Å². The van der Waals surface area contributed by atoms with E-state index in [-0.39, 0.29) is 16.9 Å². The summed E-state index contributed by atoms with van der Waals surface area (Å²) < 4.78 is 0. The van der Waals surface area contributed by atoms with Crippen molar-refractivity contribution in [3.8, 4) is 0 Å². The number of aryl methyl sites for hydroxylation is 1. The third-order valence-electron chi connectivity index (χ3n) is 4.39. The van der Waals surface area contributed by atoms with Gasteiger partial charge in [0.05, 0.1) is 0 Å². The number of aromatic amines is 1. The summed E-state index contributed by atoms with van der Waals surface area (Å²) in [6.07, 6.45) is 6.02. The van der Waals surface area contributed by atoms with Crippen molar-refractivity contribution in [2.45, 2.75) is 38.6 Å². The Hall–Kier alpha value is -1.62. The van der Waals surface area contributed by atoms with Crippen LogP contribution < -0.4 is 10.7 Å². The Bertz CT molecular complexity index is 571. The summed E-state index contributed by atoms with van der Waals surface area (Å²) >= 11 is 0. The number of H-pyrrole nitrogens is 1. The Morgan fingerprint density at radius 3 is 2.81 bits per heavy atom. The number of nitrogens with zero attached hydrogens (tertiary/aromatic N) is 1. The fourth-order valence-corrected chi connectivity index (χ4v) is 3.04. The molecule has 2 heterocycles. The molecule has 1 amide bonds. The molecular weight excluding hydrogens is 266 g/mol. The minimum Gasteiger partial charge on any atom is -0.364 e. The van der Waals surface area contributed by atoms with Crippen molar-refractivity contribution in [1.29, 1.82) is 0 Å². The molecule has 1 unspecified atom stereocenters. The van der Waals surface area contributed by atoms with E-state index in [0.29, 0.717) is 12.0 Å². The van der Waals surface area contributed by atoms with Crippen molar-refractivity contribution in [2.24, 2.45) is 5.92 Å². The summed E-state index contributed by atoms with van der Waals surface area (Å²) in [4.78, 5) is 29.7. The number of pyridine rings is 1. The van der Waals surface area contributed by atoms with Gasteiger partial charge in [0.1, 0.15) is 5.56 Å². The molecule has 5 nitrogen and oxygen atoms in total. The molecule has 1 aromatic rings. The third-order valence-corrected chi connectivity index (χ3v) is 4.39. The van der Waals surface area contributed by atoms with Gasteiger partial charge in [0, 0.05) is 30.5 Å². The van der Waals surface area contributed by atoms with Gasteiger partial charge in [0.25, 0.3) is 5.91 Å². The van der Waals surface area contributed by atoms with Gasteiger partial charge in [-0.15, -0.1) is 0 Å². The Kier molecular flexibility index (Phi) is 4.10. The van der Waals surface area contributed by atoms with Crippen LogP contribution in [0.2, 0.25) is 0 Å². The van der Waals surface area contributed by atoms with Crippen molar-refractivity contribution in [2.75, 3.05) is 19.6 Å². The molecule has 2 fully saturated rings. The van der Waals surface area contributed by atoms with Crippen LogP contribution in [-0.4, -0.2) is 41.5 Å². The average Bonchev–Trinajstić information content (AvgIpc) is 3.30. The fourth-order valence-electron chi connectivity index (χ4n) is 3.04. The van der Waals surface area contributed by atoms with E-state index in [4.69, 9.17) is 0 Å².